The van der Waals surface area contributed by atoms with Crippen molar-refractivity contribution in [3.63, 3.8) is 0 Å². The van der Waals surface area contributed by atoms with Gasteiger partial charge in [0.2, 0.25) is 11.7 Å². The lowest BCUT2D eigenvalue weighted by atomic mass is 10.1. The number of rotatable bonds is 3. The van der Waals surface area contributed by atoms with E-state index in [0.717, 1.165) is 23.6 Å². The first-order valence-electron chi connectivity index (χ1n) is 7.58. The predicted octanol–water partition coefficient (Wildman–Crippen LogP) is 2.55. The predicted molar refractivity (Wildman–Crippen MR) is 77.7 cm³/mol. The molecular weight excluding hydrogens is 360 g/mol. The van der Waals surface area contributed by atoms with E-state index in [4.69, 9.17) is 0 Å². The zero-order valence-electron chi connectivity index (χ0n) is 13.1. The molecule has 0 radical (unpaired) electrons. The quantitative estimate of drug-likeness (QED) is 0.837. The summed E-state index contributed by atoms with van der Waals surface area (Å²) in [6, 6.07) is 3.07. The summed E-state index contributed by atoms with van der Waals surface area (Å²) in [7, 11) is 0. The van der Waals surface area contributed by atoms with Crippen molar-refractivity contribution >= 4 is 11.8 Å². The minimum absolute atomic E-state index is 0.0904. The normalized spacial score (nSPS) is 15.2. The second-order valence-electron chi connectivity index (χ2n) is 5.56. The molecule has 0 spiro atoms. The van der Waals surface area contributed by atoms with E-state index >= 15 is 0 Å². The Morgan fingerprint density at radius 3 is 2.65 bits per heavy atom. The molecule has 2 amide bonds. The third-order valence-electron chi connectivity index (χ3n) is 3.70. The number of amides is 2. The van der Waals surface area contributed by atoms with Crippen LogP contribution in [0.3, 0.4) is 0 Å². The van der Waals surface area contributed by atoms with Crippen molar-refractivity contribution in [1.82, 2.24) is 20.6 Å². The van der Waals surface area contributed by atoms with E-state index in [1.165, 1.54) is 6.07 Å². The van der Waals surface area contributed by atoms with Gasteiger partial charge in [0.15, 0.2) is 0 Å². The van der Waals surface area contributed by atoms with Gasteiger partial charge in [-0.3, -0.25) is 20.0 Å². The maximum atomic E-state index is 14.2. The summed E-state index contributed by atoms with van der Waals surface area (Å²) in [5.74, 6) is -4.13. The van der Waals surface area contributed by atoms with Crippen LogP contribution in [0.5, 0.6) is 0 Å². The topological polar surface area (TPSA) is 88.3 Å². The third-order valence-corrected chi connectivity index (χ3v) is 3.70. The Kier molecular flexibility index (Phi) is 4.62. The summed E-state index contributed by atoms with van der Waals surface area (Å²) in [4.78, 5) is 26.9. The molecule has 11 heteroatoms. The molecule has 7 nitrogen and oxygen atoms in total. The highest BCUT2D eigenvalue weighted by Crippen LogP contribution is 2.29. The zero-order valence-corrected chi connectivity index (χ0v) is 13.1. The molecule has 2 aromatic rings. The SMILES string of the molecule is O=C(NN1CCCCC1=O)c1ccc(-c2noc(C(F)(F)F)n2)cc1F. The number of carbonyl (C=O) groups excluding carboxylic acids is 2. The van der Waals surface area contributed by atoms with Gasteiger partial charge in [-0.2, -0.15) is 18.2 Å². The maximum Gasteiger partial charge on any atom is 0.471 e. The first-order chi connectivity index (χ1) is 12.3. The molecule has 2 heterocycles. The first kappa shape index (κ1) is 17.8. The minimum Gasteiger partial charge on any atom is -0.329 e. The molecule has 138 valence electrons. The Hall–Kier alpha value is -2.98. The molecule has 1 fully saturated rings. The molecule has 0 bridgehead atoms. The van der Waals surface area contributed by atoms with Gasteiger partial charge in [-0.15, -0.1) is 0 Å². The van der Waals surface area contributed by atoms with Crippen LogP contribution in [0.1, 0.15) is 35.5 Å². The molecule has 1 aliphatic heterocycles. The van der Waals surface area contributed by atoms with E-state index in [-0.39, 0.29) is 17.0 Å². The summed E-state index contributed by atoms with van der Waals surface area (Å²) >= 11 is 0. The van der Waals surface area contributed by atoms with Crippen LogP contribution in [-0.2, 0) is 11.0 Å². The highest BCUT2D eigenvalue weighted by molar-refractivity contribution is 5.96. The van der Waals surface area contributed by atoms with E-state index in [1.54, 1.807) is 0 Å². The average molecular weight is 372 g/mol. The third kappa shape index (κ3) is 3.65. The molecule has 26 heavy (non-hydrogen) atoms. The molecule has 1 N–H and O–H groups in total. The van der Waals surface area contributed by atoms with Crippen LogP contribution in [0.25, 0.3) is 11.4 Å². The number of hydrazine groups is 1. The summed E-state index contributed by atoms with van der Waals surface area (Å²) in [5, 5.41) is 4.26. The first-order valence-corrected chi connectivity index (χ1v) is 7.58. The second kappa shape index (κ2) is 6.73. The zero-order chi connectivity index (χ0) is 18.9. The number of halogens is 4. The molecule has 1 aromatic carbocycles. The fraction of sp³-hybridized carbons (Fsp3) is 0.333. The van der Waals surface area contributed by atoms with Crippen LogP contribution in [0.2, 0.25) is 0 Å². The van der Waals surface area contributed by atoms with E-state index in [0.29, 0.717) is 19.4 Å². The Morgan fingerprint density at radius 1 is 1.27 bits per heavy atom. The van der Waals surface area contributed by atoms with Gasteiger partial charge in [-0.1, -0.05) is 11.2 Å². The van der Waals surface area contributed by atoms with E-state index < -0.39 is 29.6 Å². The van der Waals surface area contributed by atoms with Crippen molar-refractivity contribution in [2.45, 2.75) is 25.4 Å². The standard InChI is InChI=1S/C15H12F4N4O3/c16-10-7-8(12-20-14(26-22-12)15(17,18)19)4-5-9(10)13(25)21-23-6-2-1-3-11(23)24/h4-5,7H,1-3,6H2,(H,21,25). The molecule has 1 aromatic heterocycles. The van der Waals surface area contributed by atoms with Gasteiger partial charge in [0.05, 0.1) is 5.56 Å². The van der Waals surface area contributed by atoms with Crippen LogP contribution in [0, 0.1) is 5.82 Å². The molecule has 0 unspecified atom stereocenters. The fourth-order valence-electron chi connectivity index (χ4n) is 2.40. The van der Waals surface area contributed by atoms with Crippen LogP contribution < -0.4 is 5.43 Å². The minimum atomic E-state index is -4.81. The van der Waals surface area contributed by atoms with E-state index in [1.807, 2.05) is 0 Å². The summed E-state index contributed by atoms with van der Waals surface area (Å²) in [6.45, 7) is 0.327. The van der Waals surface area contributed by atoms with Gasteiger partial charge in [-0.25, -0.2) is 4.39 Å². The largest absolute Gasteiger partial charge is 0.471 e. The molecular formula is C15H12F4N4O3. The molecule has 3 rings (SSSR count). The lowest BCUT2D eigenvalue weighted by molar-refractivity contribution is -0.159. The number of nitrogens with zero attached hydrogens (tertiary/aromatic N) is 3. The number of hydrogen-bond acceptors (Lipinski definition) is 5. The van der Waals surface area contributed by atoms with Gasteiger partial charge in [-0.05, 0) is 25.0 Å². The number of hydrogen-bond donors (Lipinski definition) is 1. The van der Waals surface area contributed by atoms with Crippen molar-refractivity contribution < 1.29 is 31.7 Å². The highest BCUT2D eigenvalue weighted by atomic mass is 19.4. The van der Waals surface area contributed by atoms with Crippen LogP contribution in [0.15, 0.2) is 22.7 Å². The maximum absolute atomic E-state index is 14.2. The summed E-state index contributed by atoms with van der Waals surface area (Å²) in [6.07, 6.45) is -3.09. The Balaban J connectivity index is 1.78. The van der Waals surface area contributed by atoms with Gasteiger partial charge < -0.3 is 4.52 Å². The van der Waals surface area contributed by atoms with E-state index in [2.05, 4.69) is 20.1 Å². The van der Waals surface area contributed by atoms with Crippen molar-refractivity contribution in [2.24, 2.45) is 0 Å². The average Bonchev–Trinajstić information content (AvgIpc) is 3.07. The van der Waals surface area contributed by atoms with Crippen molar-refractivity contribution in [3.8, 4) is 11.4 Å². The summed E-state index contributed by atoms with van der Waals surface area (Å²) < 4.78 is 55.7. The number of nitrogens with one attached hydrogen (secondary N) is 1. The lowest BCUT2D eigenvalue weighted by Gasteiger charge is -2.26. The molecule has 0 atom stereocenters. The van der Waals surface area contributed by atoms with Crippen LogP contribution in [0.4, 0.5) is 17.6 Å². The lowest BCUT2D eigenvalue weighted by Crippen LogP contribution is -2.48. The van der Waals surface area contributed by atoms with Gasteiger partial charge in [0.25, 0.3) is 5.91 Å². The number of aromatic nitrogens is 2. The van der Waals surface area contributed by atoms with Gasteiger partial charge in [0.1, 0.15) is 5.82 Å². The van der Waals surface area contributed by atoms with Crippen molar-refractivity contribution in [1.29, 1.82) is 0 Å². The molecule has 0 saturated carbocycles. The Labute approximate surface area is 143 Å². The smallest absolute Gasteiger partial charge is 0.329 e. The fourth-order valence-corrected chi connectivity index (χ4v) is 2.40. The van der Waals surface area contributed by atoms with Gasteiger partial charge in [0, 0.05) is 18.5 Å². The Bertz CT molecular complexity index is 850. The second-order valence-corrected chi connectivity index (χ2v) is 5.56. The van der Waals surface area contributed by atoms with E-state index in [9.17, 15) is 27.2 Å². The number of benzene rings is 1. The van der Waals surface area contributed by atoms with Crippen LogP contribution in [-0.4, -0.2) is 33.5 Å². The van der Waals surface area contributed by atoms with Gasteiger partial charge >= 0.3 is 12.1 Å². The number of alkyl halides is 3. The molecule has 1 aliphatic rings. The number of piperidine rings is 1. The summed E-state index contributed by atoms with van der Waals surface area (Å²) in [5.41, 5.74) is 1.86. The van der Waals surface area contributed by atoms with Crippen LogP contribution >= 0.6 is 0 Å². The molecule has 0 aliphatic carbocycles. The highest BCUT2D eigenvalue weighted by Gasteiger charge is 2.38. The van der Waals surface area contributed by atoms with Crippen molar-refractivity contribution in [3.05, 3.63) is 35.5 Å². The van der Waals surface area contributed by atoms with Crippen molar-refractivity contribution in [2.75, 3.05) is 6.54 Å². The monoisotopic (exact) mass is 372 g/mol. The number of carbonyl (C=O) groups is 2. The Morgan fingerprint density at radius 2 is 2.04 bits per heavy atom. The molecule has 1 saturated heterocycles.